The van der Waals surface area contributed by atoms with Crippen molar-refractivity contribution in [1.29, 1.82) is 0 Å². The van der Waals surface area contributed by atoms with Crippen LogP contribution in [0.2, 0.25) is 0 Å². The minimum atomic E-state index is -0.358. The van der Waals surface area contributed by atoms with Gasteiger partial charge in [0.05, 0.1) is 12.2 Å². The van der Waals surface area contributed by atoms with Crippen molar-refractivity contribution in [2.75, 3.05) is 0 Å². The molecule has 0 aliphatic heterocycles. The minimum Gasteiger partial charge on any atom is -0.491 e. The molecular formula is C12H18O2. The first-order chi connectivity index (χ1) is 6.63. The van der Waals surface area contributed by atoms with Crippen molar-refractivity contribution < 1.29 is 9.84 Å². The van der Waals surface area contributed by atoms with E-state index in [-0.39, 0.29) is 12.2 Å². The largest absolute Gasteiger partial charge is 0.491 e. The summed E-state index contributed by atoms with van der Waals surface area (Å²) in [6.07, 6.45) is 0.574. The molecule has 1 aromatic carbocycles. The van der Waals surface area contributed by atoms with Crippen molar-refractivity contribution in [2.45, 2.75) is 39.4 Å². The molecule has 0 saturated carbocycles. The lowest BCUT2D eigenvalue weighted by Gasteiger charge is -2.11. The van der Waals surface area contributed by atoms with E-state index in [0.717, 1.165) is 17.7 Å². The van der Waals surface area contributed by atoms with E-state index in [1.807, 2.05) is 45.0 Å². The van der Waals surface area contributed by atoms with Crippen LogP contribution in [0.15, 0.2) is 24.3 Å². The lowest BCUT2D eigenvalue weighted by atomic mass is 10.1. The van der Waals surface area contributed by atoms with Crippen molar-refractivity contribution in [3.05, 3.63) is 29.8 Å². The molecule has 1 aromatic rings. The van der Waals surface area contributed by atoms with Crippen LogP contribution in [0.3, 0.4) is 0 Å². The summed E-state index contributed by atoms with van der Waals surface area (Å²) >= 11 is 0. The number of benzene rings is 1. The molecule has 1 rings (SSSR count). The highest BCUT2D eigenvalue weighted by Gasteiger charge is 2.04. The highest BCUT2D eigenvalue weighted by atomic mass is 16.5. The van der Waals surface area contributed by atoms with Crippen LogP contribution in [0.5, 0.6) is 5.75 Å². The van der Waals surface area contributed by atoms with Crippen LogP contribution in [0.25, 0.3) is 0 Å². The van der Waals surface area contributed by atoms with E-state index in [0.29, 0.717) is 0 Å². The zero-order valence-electron chi connectivity index (χ0n) is 9.03. The third-order valence-electron chi connectivity index (χ3n) is 2.02. The maximum atomic E-state index is 9.56. The number of hydrogen-bond acceptors (Lipinski definition) is 2. The summed E-state index contributed by atoms with van der Waals surface area (Å²) in [4.78, 5) is 0. The Bertz CT molecular complexity index is 264. The fraction of sp³-hybridized carbons (Fsp3) is 0.500. The van der Waals surface area contributed by atoms with Gasteiger partial charge in [0.2, 0.25) is 0 Å². The Labute approximate surface area is 85.5 Å². The maximum absolute atomic E-state index is 9.56. The first kappa shape index (κ1) is 11.1. The fourth-order valence-electron chi connectivity index (χ4n) is 1.28. The van der Waals surface area contributed by atoms with Gasteiger partial charge in [-0.05, 0) is 38.0 Å². The second-order valence-corrected chi connectivity index (χ2v) is 3.66. The predicted octanol–water partition coefficient (Wildman–Crippen LogP) is 2.92. The molecule has 2 heteroatoms. The normalized spacial score (nSPS) is 12.9. The number of hydrogen-bond donors (Lipinski definition) is 1. The third-order valence-corrected chi connectivity index (χ3v) is 2.02. The van der Waals surface area contributed by atoms with Crippen molar-refractivity contribution in [3.63, 3.8) is 0 Å². The van der Waals surface area contributed by atoms with Gasteiger partial charge < -0.3 is 9.84 Å². The van der Waals surface area contributed by atoms with Gasteiger partial charge in [-0.3, -0.25) is 0 Å². The van der Waals surface area contributed by atoms with Gasteiger partial charge in [-0.15, -0.1) is 0 Å². The Morgan fingerprint density at radius 1 is 1.21 bits per heavy atom. The molecule has 0 aromatic heterocycles. The molecule has 14 heavy (non-hydrogen) atoms. The van der Waals surface area contributed by atoms with Crippen LogP contribution in [0, 0.1) is 0 Å². The standard InChI is InChI=1S/C12H18O2/c1-4-12(13)10-5-7-11(8-6-10)14-9(2)3/h5-9,12-13H,4H2,1-3H3/t12-/m1/s1. The number of aliphatic hydroxyl groups excluding tert-OH is 1. The molecule has 0 saturated heterocycles. The Hall–Kier alpha value is -1.02. The van der Waals surface area contributed by atoms with E-state index >= 15 is 0 Å². The second-order valence-electron chi connectivity index (χ2n) is 3.66. The quantitative estimate of drug-likeness (QED) is 0.798. The second kappa shape index (κ2) is 5.01. The zero-order valence-corrected chi connectivity index (χ0v) is 9.03. The Balaban J connectivity index is 2.68. The average molecular weight is 194 g/mol. The average Bonchev–Trinajstić information content (AvgIpc) is 2.17. The van der Waals surface area contributed by atoms with Crippen molar-refractivity contribution in [3.8, 4) is 5.75 Å². The Morgan fingerprint density at radius 2 is 1.79 bits per heavy atom. The van der Waals surface area contributed by atoms with Gasteiger partial charge in [-0.2, -0.15) is 0 Å². The van der Waals surface area contributed by atoms with Gasteiger partial charge in [0.15, 0.2) is 0 Å². The fourth-order valence-corrected chi connectivity index (χ4v) is 1.28. The van der Waals surface area contributed by atoms with E-state index in [1.165, 1.54) is 0 Å². The van der Waals surface area contributed by atoms with E-state index in [9.17, 15) is 5.11 Å². The molecule has 0 spiro atoms. The van der Waals surface area contributed by atoms with Crippen LogP contribution < -0.4 is 4.74 Å². The summed E-state index contributed by atoms with van der Waals surface area (Å²) in [5.74, 6) is 0.854. The lowest BCUT2D eigenvalue weighted by molar-refractivity contribution is 0.173. The van der Waals surface area contributed by atoms with Gasteiger partial charge in [0, 0.05) is 0 Å². The molecule has 0 aliphatic carbocycles. The molecule has 1 N–H and O–H groups in total. The summed E-state index contributed by atoms with van der Waals surface area (Å²) < 4.78 is 5.50. The molecule has 0 amide bonds. The van der Waals surface area contributed by atoms with Gasteiger partial charge in [0.25, 0.3) is 0 Å². The zero-order chi connectivity index (χ0) is 10.6. The van der Waals surface area contributed by atoms with Gasteiger partial charge in [-0.1, -0.05) is 19.1 Å². The maximum Gasteiger partial charge on any atom is 0.119 e. The van der Waals surface area contributed by atoms with Crippen LogP contribution in [0.4, 0.5) is 0 Å². The SMILES string of the molecule is CC[C@@H](O)c1ccc(OC(C)C)cc1. The van der Waals surface area contributed by atoms with E-state index < -0.39 is 0 Å². The molecule has 0 aliphatic rings. The molecule has 2 nitrogen and oxygen atoms in total. The highest BCUT2D eigenvalue weighted by molar-refractivity contribution is 5.28. The Morgan fingerprint density at radius 3 is 2.21 bits per heavy atom. The van der Waals surface area contributed by atoms with Crippen molar-refractivity contribution in [2.24, 2.45) is 0 Å². The summed E-state index contributed by atoms with van der Waals surface area (Å²) in [5, 5.41) is 9.56. The van der Waals surface area contributed by atoms with Gasteiger partial charge in [0.1, 0.15) is 5.75 Å². The summed E-state index contributed by atoms with van der Waals surface area (Å²) in [5.41, 5.74) is 0.948. The molecule has 0 bridgehead atoms. The number of ether oxygens (including phenoxy) is 1. The number of aliphatic hydroxyl groups is 1. The van der Waals surface area contributed by atoms with E-state index in [4.69, 9.17) is 4.74 Å². The molecule has 0 fully saturated rings. The van der Waals surface area contributed by atoms with Crippen LogP contribution >= 0.6 is 0 Å². The molecule has 1 atom stereocenters. The predicted molar refractivity (Wildman–Crippen MR) is 57.5 cm³/mol. The summed E-state index contributed by atoms with van der Waals surface area (Å²) in [7, 11) is 0. The van der Waals surface area contributed by atoms with Crippen LogP contribution in [0.1, 0.15) is 38.9 Å². The smallest absolute Gasteiger partial charge is 0.119 e. The highest BCUT2D eigenvalue weighted by Crippen LogP contribution is 2.20. The van der Waals surface area contributed by atoms with E-state index in [2.05, 4.69) is 0 Å². The topological polar surface area (TPSA) is 29.5 Å². The monoisotopic (exact) mass is 194 g/mol. The first-order valence-electron chi connectivity index (χ1n) is 5.08. The van der Waals surface area contributed by atoms with Crippen molar-refractivity contribution in [1.82, 2.24) is 0 Å². The van der Waals surface area contributed by atoms with Crippen LogP contribution in [-0.2, 0) is 0 Å². The Kier molecular flexibility index (Phi) is 3.96. The summed E-state index contributed by atoms with van der Waals surface area (Å²) in [6.45, 7) is 5.95. The third kappa shape index (κ3) is 3.04. The first-order valence-corrected chi connectivity index (χ1v) is 5.08. The van der Waals surface area contributed by atoms with Crippen molar-refractivity contribution >= 4 is 0 Å². The molecular weight excluding hydrogens is 176 g/mol. The lowest BCUT2D eigenvalue weighted by Crippen LogP contribution is -2.05. The molecule has 0 heterocycles. The molecule has 78 valence electrons. The van der Waals surface area contributed by atoms with Gasteiger partial charge >= 0.3 is 0 Å². The molecule has 0 unspecified atom stereocenters. The van der Waals surface area contributed by atoms with E-state index in [1.54, 1.807) is 0 Å². The molecule has 0 radical (unpaired) electrons. The summed E-state index contributed by atoms with van der Waals surface area (Å²) in [6, 6.07) is 7.61. The minimum absolute atomic E-state index is 0.192. The van der Waals surface area contributed by atoms with Crippen LogP contribution in [-0.4, -0.2) is 11.2 Å². The van der Waals surface area contributed by atoms with Gasteiger partial charge in [-0.25, -0.2) is 0 Å². The number of rotatable bonds is 4.